The van der Waals surface area contributed by atoms with Crippen molar-refractivity contribution in [3.05, 3.63) is 53.6 Å². The fourth-order valence-corrected chi connectivity index (χ4v) is 5.07. The number of hydrogen-bond acceptors (Lipinski definition) is 5. The quantitative estimate of drug-likeness (QED) is 0.599. The van der Waals surface area contributed by atoms with E-state index >= 15 is 0 Å². The number of anilines is 1. The Morgan fingerprint density at radius 1 is 1.19 bits per heavy atom. The molecule has 1 atom stereocenters. The molecule has 32 heavy (non-hydrogen) atoms. The third-order valence-corrected chi connectivity index (χ3v) is 7.31. The molecule has 0 aromatic heterocycles. The van der Waals surface area contributed by atoms with E-state index in [1.54, 1.807) is 12.1 Å². The van der Waals surface area contributed by atoms with Crippen molar-refractivity contribution in [2.45, 2.75) is 44.0 Å². The van der Waals surface area contributed by atoms with E-state index in [1.165, 1.54) is 29.6 Å². The van der Waals surface area contributed by atoms with Gasteiger partial charge in [-0.25, -0.2) is 8.42 Å². The Morgan fingerprint density at radius 3 is 2.66 bits per heavy atom. The van der Waals surface area contributed by atoms with E-state index in [4.69, 9.17) is 4.74 Å². The van der Waals surface area contributed by atoms with E-state index in [0.29, 0.717) is 18.7 Å². The van der Waals surface area contributed by atoms with Crippen LogP contribution in [0.25, 0.3) is 0 Å². The Balaban J connectivity index is 1.77. The second-order valence-corrected chi connectivity index (χ2v) is 9.56. The summed E-state index contributed by atoms with van der Waals surface area (Å²) in [7, 11) is -2.44. The van der Waals surface area contributed by atoms with E-state index < -0.39 is 15.9 Å². The zero-order valence-electron chi connectivity index (χ0n) is 18.6. The van der Waals surface area contributed by atoms with Crippen LogP contribution >= 0.6 is 0 Å². The normalized spacial score (nSPS) is 13.9. The van der Waals surface area contributed by atoms with Crippen molar-refractivity contribution in [3.8, 4) is 5.75 Å². The molecule has 172 valence electrons. The first kappa shape index (κ1) is 23.6. The molecule has 2 amide bonds. The molecule has 9 heteroatoms. The third kappa shape index (κ3) is 5.04. The van der Waals surface area contributed by atoms with Gasteiger partial charge in [0.25, 0.3) is 15.9 Å². The number of para-hydroxylation sites is 1. The second kappa shape index (κ2) is 10.0. The number of sulfonamides is 1. The smallest absolute Gasteiger partial charge is 0.264 e. The van der Waals surface area contributed by atoms with Crippen LogP contribution in [0.3, 0.4) is 0 Å². The monoisotopic (exact) mass is 459 g/mol. The Kier molecular flexibility index (Phi) is 7.40. The number of nitrogens with zero attached hydrogens (tertiary/aromatic N) is 1. The molecule has 2 aromatic carbocycles. The summed E-state index contributed by atoms with van der Waals surface area (Å²) < 4.78 is 33.2. The van der Waals surface area contributed by atoms with Crippen LogP contribution in [0.15, 0.2) is 47.4 Å². The maximum atomic E-state index is 13.3. The molecule has 1 aliphatic rings. The van der Waals surface area contributed by atoms with Gasteiger partial charge >= 0.3 is 0 Å². The summed E-state index contributed by atoms with van der Waals surface area (Å²) in [4.78, 5) is 24.7. The topological polar surface area (TPSA) is 105 Å². The van der Waals surface area contributed by atoms with Crippen LogP contribution in [-0.2, 0) is 21.2 Å². The molecule has 0 saturated carbocycles. The number of benzene rings is 2. The molecule has 1 aliphatic heterocycles. The third-order valence-electron chi connectivity index (χ3n) is 5.51. The Bertz CT molecular complexity index is 1100. The van der Waals surface area contributed by atoms with Gasteiger partial charge in [0.1, 0.15) is 5.75 Å². The minimum Gasteiger partial charge on any atom is -0.496 e. The summed E-state index contributed by atoms with van der Waals surface area (Å²) in [6.45, 7) is 4.36. The van der Waals surface area contributed by atoms with Crippen LogP contribution in [-0.4, -0.2) is 46.5 Å². The molecule has 2 aromatic rings. The fourth-order valence-electron chi connectivity index (χ4n) is 3.54. The molecule has 0 spiro atoms. The predicted molar refractivity (Wildman–Crippen MR) is 123 cm³/mol. The van der Waals surface area contributed by atoms with Crippen molar-refractivity contribution < 1.29 is 22.7 Å². The average Bonchev–Trinajstić information content (AvgIpc) is 3.23. The molecule has 0 aliphatic carbocycles. The first-order valence-corrected chi connectivity index (χ1v) is 12.1. The van der Waals surface area contributed by atoms with Crippen molar-refractivity contribution in [1.82, 2.24) is 10.6 Å². The highest BCUT2D eigenvalue weighted by atomic mass is 32.2. The lowest BCUT2D eigenvalue weighted by Crippen LogP contribution is -2.35. The molecule has 1 unspecified atom stereocenters. The molecular weight excluding hydrogens is 430 g/mol. The summed E-state index contributed by atoms with van der Waals surface area (Å²) in [6.07, 6.45) is 1.58. The number of amides is 2. The number of nitrogens with one attached hydrogen (secondary N) is 2. The van der Waals surface area contributed by atoms with Gasteiger partial charge in [-0.1, -0.05) is 25.1 Å². The van der Waals surface area contributed by atoms with Gasteiger partial charge in [-0.2, -0.15) is 0 Å². The zero-order chi connectivity index (χ0) is 23.3. The molecular formula is C23H29N3O5S. The summed E-state index contributed by atoms with van der Waals surface area (Å²) >= 11 is 0. The first-order chi connectivity index (χ1) is 15.3. The van der Waals surface area contributed by atoms with Gasteiger partial charge in [0.2, 0.25) is 5.91 Å². The van der Waals surface area contributed by atoms with Crippen molar-refractivity contribution >= 4 is 27.5 Å². The lowest BCUT2D eigenvalue weighted by atomic mass is 10.2. The zero-order valence-corrected chi connectivity index (χ0v) is 19.4. The van der Waals surface area contributed by atoms with Crippen LogP contribution in [0.2, 0.25) is 0 Å². The first-order valence-electron chi connectivity index (χ1n) is 10.6. The number of carbonyl (C=O) groups is 2. The number of carbonyl (C=O) groups excluding carboxylic acids is 2. The van der Waals surface area contributed by atoms with Gasteiger partial charge in [-0.05, 0) is 49.6 Å². The van der Waals surface area contributed by atoms with E-state index in [1.807, 2.05) is 26.0 Å². The average molecular weight is 460 g/mol. The molecule has 2 N–H and O–H groups in total. The van der Waals surface area contributed by atoms with Crippen molar-refractivity contribution in [2.24, 2.45) is 0 Å². The highest BCUT2D eigenvalue weighted by Gasteiger charge is 2.31. The van der Waals surface area contributed by atoms with Crippen molar-refractivity contribution in [2.75, 3.05) is 24.5 Å². The molecule has 3 rings (SSSR count). The summed E-state index contributed by atoms with van der Waals surface area (Å²) in [5.41, 5.74) is 1.73. The molecule has 1 heterocycles. The molecule has 0 saturated heterocycles. The molecule has 8 nitrogen and oxygen atoms in total. The minimum absolute atomic E-state index is 0.00895. The molecule has 0 fully saturated rings. The predicted octanol–water partition coefficient (Wildman–Crippen LogP) is 2.48. The summed E-state index contributed by atoms with van der Waals surface area (Å²) in [6, 6.07) is 11.7. The van der Waals surface area contributed by atoms with Gasteiger partial charge in [-0.15, -0.1) is 0 Å². The minimum atomic E-state index is -3.85. The van der Waals surface area contributed by atoms with Gasteiger partial charge < -0.3 is 15.4 Å². The fraction of sp³-hybridized carbons (Fsp3) is 0.391. The Morgan fingerprint density at radius 2 is 1.94 bits per heavy atom. The number of fused-ring (bicyclic) bond motifs is 1. The van der Waals surface area contributed by atoms with Gasteiger partial charge in [0.15, 0.2) is 0 Å². The standard InChI is InChI=1S/C23H29N3O5S/c1-4-16(2)25-22(27)11-13-24-23(28)19-15-18(9-10-21(19)31-3)32(29,30)26-14-12-17-7-5-6-8-20(17)26/h5-10,15-16H,4,11-14H2,1-3H3,(H,24,28)(H,25,27). The van der Waals surface area contributed by atoms with Crippen LogP contribution in [0.5, 0.6) is 5.75 Å². The van der Waals surface area contributed by atoms with Crippen LogP contribution in [0.1, 0.15) is 42.6 Å². The van der Waals surface area contributed by atoms with Crippen molar-refractivity contribution in [3.63, 3.8) is 0 Å². The number of ether oxygens (including phenoxy) is 1. The number of hydrogen-bond donors (Lipinski definition) is 2. The van der Waals surface area contributed by atoms with Gasteiger partial charge in [0, 0.05) is 25.6 Å². The van der Waals surface area contributed by atoms with E-state index in [-0.39, 0.29) is 41.1 Å². The SMILES string of the molecule is CCC(C)NC(=O)CCNC(=O)c1cc(S(=O)(=O)N2CCc3ccccc32)ccc1OC. The van der Waals surface area contributed by atoms with Crippen LogP contribution < -0.4 is 19.7 Å². The molecule has 0 radical (unpaired) electrons. The Hall–Kier alpha value is -3.07. The second-order valence-electron chi connectivity index (χ2n) is 7.70. The van der Waals surface area contributed by atoms with Crippen LogP contribution in [0.4, 0.5) is 5.69 Å². The lowest BCUT2D eigenvalue weighted by Gasteiger charge is -2.20. The van der Waals surface area contributed by atoms with Crippen LogP contribution in [0, 0.1) is 0 Å². The van der Waals surface area contributed by atoms with Gasteiger partial charge in [0.05, 0.1) is 23.3 Å². The maximum absolute atomic E-state index is 13.3. The summed E-state index contributed by atoms with van der Waals surface area (Å²) in [5, 5.41) is 5.51. The lowest BCUT2D eigenvalue weighted by molar-refractivity contribution is -0.121. The maximum Gasteiger partial charge on any atom is 0.264 e. The van der Waals surface area contributed by atoms with E-state index in [0.717, 1.165) is 12.0 Å². The highest BCUT2D eigenvalue weighted by molar-refractivity contribution is 7.92. The largest absolute Gasteiger partial charge is 0.496 e. The molecule has 0 bridgehead atoms. The van der Waals surface area contributed by atoms with Crippen molar-refractivity contribution in [1.29, 1.82) is 0 Å². The number of methoxy groups -OCH3 is 1. The van der Waals surface area contributed by atoms with E-state index in [9.17, 15) is 18.0 Å². The number of rotatable bonds is 9. The van der Waals surface area contributed by atoms with E-state index in [2.05, 4.69) is 10.6 Å². The summed E-state index contributed by atoms with van der Waals surface area (Å²) in [5.74, 6) is -0.403. The highest BCUT2D eigenvalue weighted by Crippen LogP contribution is 2.33. The van der Waals surface area contributed by atoms with Gasteiger partial charge in [-0.3, -0.25) is 13.9 Å². The Labute approximate surface area is 189 Å².